The van der Waals surface area contributed by atoms with Crippen LogP contribution in [0.2, 0.25) is 0 Å². The Morgan fingerprint density at radius 3 is 2.53 bits per heavy atom. The molecule has 2 aromatic rings. The number of ether oxygens (including phenoxy) is 2. The molecule has 4 rings (SSSR count). The predicted molar refractivity (Wildman–Crippen MR) is 127 cm³/mol. The second-order valence-corrected chi connectivity index (χ2v) is 10.8. The molecule has 1 saturated heterocycles. The number of hydrogen-bond donors (Lipinski definition) is 1. The molecule has 1 aromatic carbocycles. The van der Waals surface area contributed by atoms with E-state index in [9.17, 15) is 23.1 Å². The van der Waals surface area contributed by atoms with Crippen LogP contribution in [0, 0.1) is 5.92 Å². The predicted octanol–water partition coefficient (Wildman–Crippen LogP) is 4.21. The van der Waals surface area contributed by atoms with E-state index in [1.165, 1.54) is 6.07 Å². The van der Waals surface area contributed by atoms with Crippen molar-refractivity contribution in [2.45, 2.75) is 76.8 Å². The summed E-state index contributed by atoms with van der Waals surface area (Å²) in [4.78, 5) is 17.6. The summed E-state index contributed by atoms with van der Waals surface area (Å²) in [5.74, 6) is -0.660. The van der Waals surface area contributed by atoms with Gasteiger partial charge in [0.25, 0.3) is 5.91 Å². The minimum atomic E-state index is -4.61. The molecule has 1 amide bonds. The van der Waals surface area contributed by atoms with Crippen LogP contribution < -0.4 is 10.2 Å². The molecule has 2 aliphatic rings. The first-order chi connectivity index (χ1) is 16.8. The molecule has 1 aromatic heterocycles. The minimum absolute atomic E-state index is 0.0225. The zero-order valence-corrected chi connectivity index (χ0v) is 21.1. The molecule has 0 unspecified atom stereocenters. The Morgan fingerprint density at radius 2 is 1.94 bits per heavy atom. The van der Waals surface area contributed by atoms with Crippen molar-refractivity contribution in [3.63, 3.8) is 0 Å². The molecule has 2 fully saturated rings. The first kappa shape index (κ1) is 26.5. The van der Waals surface area contributed by atoms with E-state index in [2.05, 4.69) is 4.99 Å². The molecule has 0 bridgehead atoms. The summed E-state index contributed by atoms with van der Waals surface area (Å²) < 4.78 is 55.7. The highest BCUT2D eigenvalue weighted by Crippen LogP contribution is 2.34. The molecule has 0 radical (unpaired) electrons. The fourth-order valence-electron chi connectivity index (χ4n) is 4.77. The minimum Gasteiger partial charge on any atom is -0.492 e. The average Bonchev–Trinajstić information content (AvgIpc) is 3.38. The Morgan fingerprint density at radius 1 is 1.22 bits per heavy atom. The molecule has 36 heavy (non-hydrogen) atoms. The average molecular weight is 510 g/mol. The van der Waals surface area contributed by atoms with Crippen LogP contribution in [0.4, 0.5) is 13.2 Å². The molecule has 198 valence electrons. The van der Waals surface area contributed by atoms with E-state index in [1.54, 1.807) is 6.07 Å². The van der Waals surface area contributed by atoms with Gasteiger partial charge in [0.15, 0.2) is 5.49 Å². The van der Waals surface area contributed by atoms with E-state index in [0.717, 1.165) is 30.7 Å². The third-order valence-corrected chi connectivity index (χ3v) is 6.85. The summed E-state index contributed by atoms with van der Waals surface area (Å²) in [7, 11) is 1.88. The van der Waals surface area contributed by atoms with Gasteiger partial charge in [0.1, 0.15) is 5.75 Å². The number of carbonyl (C=O) groups excluding carboxylic acids is 1. The molecule has 1 aliphatic carbocycles. The summed E-state index contributed by atoms with van der Waals surface area (Å²) in [5.41, 5.74) is -0.149. The second-order valence-electron chi connectivity index (χ2n) is 10.8. The molecule has 1 aliphatic heterocycles. The highest BCUT2D eigenvalue weighted by Gasteiger charge is 2.33. The Labute approximate surface area is 208 Å². The van der Waals surface area contributed by atoms with Crippen molar-refractivity contribution in [3.8, 4) is 5.75 Å². The van der Waals surface area contributed by atoms with Crippen LogP contribution in [0.15, 0.2) is 29.3 Å². The quantitative estimate of drug-likeness (QED) is 0.633. The molecular weight excluding hydrogens is 475 g/mol. The number of aliphatic hydroxyl groups excluding tert-OH is 1. The molecule has 7 nitrogen and oxygen atoms in total. The summed E-state index contributed by atoms with van der Waals surface area (Å²) >= 11 is 0. The van der Waals surface area contributed by atoms with Gasteiger partial charge in [-0.3, -0.25) is 14.2 Å². The smallest absolute Gasteiger partial charge is 0.416 e. The van der Waals surface area contributed by atoms with Crippen molar-refractivity contribution in [1.82, 2.24) is 9.36 Å². The highest BCUT2D eigenvalue weighted by molar-refractivity contribution is 5.97. The van der Waals surface area contributed by atoms with Gasteiger partial charge in [0, 0.05) is 30.8 Å². The fourth-order valence-corrected chi connectivity index (χ4v) is 4.77. The lowest BCUT2D eigenvalue weighted by molar-refractivity contribution is -0.137. The van der Waals surface area contributed by atoms with Crippen molar-refractivity contribution in [2.24, 2.45) is 18.0 Å². The van der Waals surface area contributed by atoms with Gasteiger partial charge in [-0.05, 0) is 49.8 Å². The van der Waals surface area contributed by atoms with Crippen LogP contribution in [-0.4, -0.2) is 45.8 Å². The SMILES string of the molecule is Cn1c(C(C)(C)C)cc(=NC(=O)c2cc(C(F)(F)F)ccc2OC[C@H]2C[C@@H](O)C2)n1C[C@H]1CCCO1. The maximum absolute atomic E-state index is 13.5. The molecule has 10 heteroatoms. The maximum Gasteiger partial charge on any atom is 0.416 e. The van der Waals surface area contributed by atoms with Crippen LogP contribution >= 0.6 is 0 Å². The van der Waals surface area contributed by atoms with Crippen LogP contribution in [0.1, 0.15) is 68.1 Å². The Hall–Kier alpha value is -2.59. The normalized spacial score (nSPS) is 23.1. The van der Waals surface area contributed by atoms with Gasteiger partial charge >= 0.3 is 6.18 Å². The summed E-state index contributed by atoms with van der Waals surface area (Å²) in [6, 6.07) is 4.68. The molecule has 0 spiro atoms. The van der Waals surface area contributed by atoms with E-state index in [4.69, 9.17) is 9.47 Å². The van der Waals surface area contributed by atoms with Gasteiger partial charge < -0.3 is 14.6 Å². The van der Waals surface area contributed by atoms with Gasteiger partial charge in [0.2, 0.25) is 0 Å². The number of nitrogens with zero attached hydrogens (tertiary/aromatic N) is 3. The lowest BCUT2D eigenvalue weighted by Crippen LogP contribution is -2.32. The Kier molecular flexibility index (Phi) is 7.39. The van der Waals surface area contributed by atoms with Crippen molar-refractivity contribution in [2.75, 3.05) is 13.2 Å². The van der Waals surface area contributed by atoms with E-state index in [-0.39, 0.29) is 41.5 Å². The largest absolute Gasteiger partial charge is 0.492 e. The number of aliphatic hydroxyl groups is 1. The number of hydrogen-bond acceptors (Lipinski definition) is 4. The van der Waals surface area contributed by atoms with Gasteiger partial charge in [0.05, 0.1) is 36.5 Å². The third kappa shape index (κ3) is 5.86. The first-order valence-electron chi connectivity index (χ1n) is 12.3. The van der Waals surface area contributed by atoms with Crippen molar-refractivity contribution in [3.05, 3.63) is 46.6 Å². The molecular formula is C26H34F3N3O4. The topological polar surface area (TPSA) is 78.0 Å². The van der Waals surface area contributed by atoms with E-state index >= 15 is 0 Å². The third-order valence-electron chi connectivity index (χ3n) is 6.85. The number of benzene rings is 1. The fraction of sp³-hybridized carbons (Fsp3) is 0.615. The maximum atomic E-state index is 13.5. The Balaban J connectivity index is 1.72. The summed E-state index contributed by atoms with van der Waals surface area (Å²) in [6.45, 7) is 7.49. The molecule has 2 heterocycles. The monoisotopic (exact) mass is 509 g/mol. The van der Waals surface area contributed by atoms with Crippen LogP contribution in [0.25, 0.3) is 0 Å². The van der Waals surface area contributed by atoms with Gasteiger partial charge in [-0.25, -0.2) is 0 Å². The number of carbonyl (C=O) groups is 1. The van der Waals surface area contributed by atoms with E-state index in [0.29, 0.717) is 31.5 Å². The van der Waals surface area contributed by atoms with E-state index in [1.807, 2.05) is 37.2 Å². The number of halogens is 3. The van der Waals surface area contributed by atoms with Crippen molar-refractivity contribution >= 4 is 5.91 Å². The molecule has 1 saturated carbocycles. The number of amides is 1. The number of alkyl halides is 3. The van der Waals surface area contributed by atoms with E-state index < -0.39 is 17.6 Å². The zero-order valence-electron chi connectivity index (χ0n) is 21.1. The highest BCUT2D eigenvalue weighted by atomic mass is 19.4. The second kappa shape index (κ2) is 10.0. The van der Waals surface area contributed by atoms with Gasteiger partial charge in [-0.2, -0.15) is 18.2 Å². The molecule has 1 atom stereocenters. The number of rotatable bonds is 6. The van der Waals surface area contributed by atoms with Crippen LogP contribution in [0.3, 0.4) is 0 Å². The Bertz CT molecular complexity index is 1160. The summed E-state index contributed by atoms with van der Waals surface area (Å²) in [6.07, 6.45) is -2.04. The molecule has 1 N–H and O–H groups in total. The zero-order chi connectivity index (χ0) is 26.3. The van der Waals surface area contributed by atoms with Crippen molar-refractivity contribution in [1.29, 1.82) is 0 Å². The lowest BCUT2D eigenvalue weighted by Gasteiger charge is -2.31. The summed E-state index contributed by atoms with van der Waals surface area (Å²) in [5, 5.41) is 9.49. The number of aromatic nitrogens is 2. The van der Waals surface area contributed by atoms with Gasteiger partial charge in [-0.1, -0.05) is 20.8 Å². The standard InChI is InChI=1S/C26H34F3N3O4/c1-25(2,3)22-13-23(32(31(22)4)14-19-6-5-9-35-19)30-24(34)20-12-17(26(27,28)29)7-8-21(20)36-15-16-10-18(33)11-16/h7-8,12-13,16,18-19,33H,5-6,9-11,14-15H2,1-4H3/t16-,18+,19-/m1/s1. The van der Waals surface area contributed by atoms with Crippen molar-refractivity contribution < 1.29 is 32.5 Å². The van der Waals surface area contributed by atoms with Gasteiger partial charge in [-0.15, -0.1) is 0 Å². The lowest BCUT2D eigenvalue weighted by atomic mass is 9.83. The van der Waals surface area contributed by atoms with Crippen LogP contribution in [-0.2, 0) is 29.9 Å². The first-order valence-corrected chi connectivity index (χ1v) is 12.3. The van der Waals surface area contributed by atoms with Crippen LogP contribution in [0.5, 0.6) is 5.75 Å².